The molecule has 0 bridgehead atoms. The SMILES string of the molecule is O=C1NC(C(=O)O)c2ccncc21. The van der Waals surface area contributed by atoms with Gasteiger partial charge in [0, 0.05) is 18.0 Å². The van der Waals surface area contributed by atoms with Crippen LogP contribution < -0.4 is 5.32 Å². The predicted octanol–water partition coefficient (Wildman–Crippen LogP) is -0.0493. The van der Waals surface area contributed by atoms with E-state index in [2.05, 4.69) is 10.3 Å². The summed E-state index contributed by atoms with van der Waals surface area (Å²) in [7, 11) is 0. The van der Waals surface area contributed by atoms with Gasteiger partial charge in [-0.05, 0) is 6.07 Å². The van der Waals surface area contributed by atoms with Crippen molar-refractivity contribution in [1.82, 2.24) is 10.3 Å². The molecular weight excluding hydrogens is 172 g/mol. The molecule has 1 aromatic rings. The Kier molecular flexibility index (Phi) is 1.51. The van der Waals surface area contributed by atoms with Gasteiger partial charge < -0.3 is 10.4 Å². The summed E-state index contributed by atoms with van der Waals surface area (Å²) in [5.41, 5.74) is 0.822. The summed E-state index contributed by atoms with van der Waals surface area (Å²) in [4.78, 5) is 25.6. The molecule has 66 valence electrons. The van der Waals surface area contributed by atoms with E-state index in [-0.39, 0.29) is 5.91 Å². The number of carboxylic acid groups (broad SMARTS) is 1. The molecule has 5 heteroatoms. The molecule has 0 aromatic carbocycles. The van der Waals surface area contributed by atoms with Gasteiger partial charge in [-0.15, -0.1) is 0 Å². The average molecular weight is 178 g/mol. The molecule has 2 heterocycles. The number of rotatable bonds is 1. The maximum Gasteiger partial charge on any atom is 0.330 e. The Labute approximate surface area is 73.4 Å². The first-order valence-electron chi connectivity index (χ1n) is 3.67. The second-order valence-electron chi connectivity index (χ2n) is 2.71. The van der Waals surface area contributed by atoms with Crippen LogP contribution in [-0.4, -0.2) is 22.0 Å². The summed E-state index contributed by atoms with van der Waals surface area (Å²) in [6.45, 7) is 0. The number of nitrogens with one attached hydrogen (secondary N) is 1. The monoisotopic (exact) mass is 178 g/mol. The lowest BCUT2D eigenvalue weighted by molar-refractivity contribution is -0.139. The lowest BCUT2D eigenvalue weighted by atomic mass is 10.1. The average Bonchev–Trinajstić information content (AvgIpc) is 2.45. The lowest BCUT2D eigenvalue weighted by Gasteiger charge is -2.03. The number of hydrogen-bond acceptors (Lipinski definition) is 3. The number of carbonyl (C=O) groups is 2. The second kappa shape index (κ2) is 2.55. The van der Waals surface area contributed by atoms with Crippen molar-refractivity contribution in [3.63, 3.8) is 0 Å². The van der Waals surface area contributed by atoms with Gasteiger partial charge in [0.15, 0.2) is 6.04 Å². The van der Waals surface area contributed by atoms with Crippen molar-refractivity contribution in [1.29, 1.82) is 0 Å². The third-order valence-electron chi connectivity index (χ3n) is 1.93. The van der Waals surface area contributed by atoms with E-state index in [1.807, 2.05) is 0 Å². The summed E-state index contributed by atoms with van der Waals surface area (Å²) in [5.74, 6) is -1.44. The molecule has 1 unspecified atom stereocenters. The molecule has 2 N–H and O–H groups in total. The molecule has 0 fully saturated rings. The van der Waals surface area contributed by atoms with Crippen molar-refractivity contribution in [3.8, 4) is 0 Å². The quantitative estimate of drug-likeness (QED) is 0.631. The minimum absolute atomic E-state index is 0.343. The minimum atomic E-state index is -1.06. The molecule has 1 aromatic heterocycles. The maximum absolute atomic E-state index is 11.2. The maximum atomic E-state index is 11.2. The van der Waals surface area contributed by atoms with E-state index in [0.717, 1.165) is 0 Å². The Balaban J connectivity index is 2.53. The molecular formula is C8H6N2O3. The van der Waals surface area contributed by atoms with Crippen LogP contribution in [0.3, 0.4) is 0 Å². The smallest absolute Gasteiger partial charge is 0.330 e. The zero-order chi connectivity index (χ0) is 9.42. The van der Waals surface area contributed by atoms with Gasteiger partial charge in [-0.25, -0.2) is 4.79 Å². The fourth-order valence-corrected chi connectivity index (χ4v) is 1.33. The van der Waals surface area contributed by atoms with Crippen molar-refractivity contribution in [2.24, 2.45) is 0 Å². The van der Waals surface area contributed by atoms with E-state index in [0.29, 0.717) is 11.1 Å². The fraction of sp³-hybridized carbons (Fsp3) is 0.125. The highest BCUT2D eigenvalue weighted by atomic mass is 16.4. The Hall–Kier alpha value is -1.91. The number of fused-ring (bicyclic) bond motifs is 1. The fourth-order valence-electron chi connectivity index (χ4n) is 1.33. The number of carboxylic acids is 1. The van der Waals surface area contributed by atoms with Crippen LogP contribution in [0, 0.1) is 0 Å². The Bertz CT molecular complexity index is 389. The summed E-state index contributed by atoms with van der Waals surface area (Å²) in [5, 5.41) is 11.1. The van der Waals surface area contributed by atoms with E-state index < -0.39 is 12.0 Å². The molecule has 0 radical (unpaired) electrons. The van der Waals surface area contributed by atoms with Gasteiger partial charge in [-0.3, -0.25) is 9.78 Å². The van der Waals surface area contributed by atoms with Crippen LogP contribution in [0.2, 0.25) is 0 Å². The van der Waals surface area contributed by atoms with Crippen molar-refractivity contribution in [2.75, 3.05) is 0 Å². The van der Waals surface area contributed by atoms with E-state index >= 15 is 0 Å². The van der Waals surface area contributed by atoms with Gasteiger partial charge in [-0.2, -0.15) is 0 Å². The molecule has 1 atom stereocenters. The van der Waals surface area contributed by atoms with E-state index in [9.17, 15) is 9.59 Å². The van der Waals surface area contributed by atoms with Gasteiger partial charge in [-0.1, -0.05) is 0 Å². The summed E-state index contributed by atoms with van der Waals surface area (Å²) in [6.07, 6.45) is 2.84. The van der Waals surface area contributed by atoms with Crippen molar-refractivity contribution in [3.05, 3.63) is 29.6 Å². The van der Waals surface area contributed by atoms with Crippen LogP contribution in [0.15, 0.2) is 18.5 Å². The first kappa shape index (κ1) is 7.72. The Morgan fingerprint density at radius 3 is 3.08 bits per heavy atom. The molecule has 5 nitrogen and oxygen atoms in total. The van der Waals surface area contributed by atoms with Crippen LogP contribution in [-0.2, 0) is 4.79 Å². The van der Waals surface area contributed by atoms with Crippen LogP contribution >= 0.6 is 0 Å². The third-order valence-corrected chi connectivity index (χ3v) is 1.93. The van der Waals surface area contributed by atoms with Gasteiger partial charge in [0.1, 0.15) is 0 Å². The number of pyridine rings is 1. The lowest BCUT2D eigenvalue weighted by Crippen LogP contribution is -2.25. The number of carbonyl (C=O) groups excluding carboxylic acids is 1. The first-order valence-corrected chi connectivity index (χ1v) is 3.67. The van der Waals surface area contributed by atoms with E-state index in [1.165, 1.54) is 18.5 Å². The molecule has 0 spiro atoms. The highest BCUT2D eigenvalue weighted by molar-refractivity contribution is 6.03. The zero-order valence-corrected chi connectivity index (χ0v) is 6.52. The van der Waals surface area contributed by atoms with Crippen LogP contribution in [0.1, 0.15) is 22.0 Å². The molecule has 0 saturated carbocycles. The number of nitrogens with zero attached hydrogens (tertiary/aromatic N) is 1. The molecule has 1 aliphatic heterocycles. The molecule has 0 saturated heterocycles. The summed E-state index contributed by atoms with van der Waals surface area (Å²) in [6, 6.07) is 0.608. The second-order valence-corrected chi connectivity index (χ2v) is 2.71. The van der Waals surface area contributed by atoms with E-state index in [4.69, 9.17) is 5.11 Å². The van der Waals surface area contributed by atoms with Crippen molar-refractivity contribution in [2.45, 2.75) is 6.04 Å². The summed E-state index contributed by atoms with van der Waals surface area (Å²) >= 11 is 0. The molecule has 13 heavy (non-hydrogen) atoms. The highest BCUT2D eigenvalue weighted by Gasteiger charge is 2.33. The third kappa shape index (κ3) is 1.05. The summed E-state index contributed by atoms with van der Waals surface area (Å²) < 4.78 is 0. The zero-order valence-electron chi connectivity index (χ0n) is 6.52. The van der Waals surface area contributed by atoms with Crippen LogP contribution in [0.5, 0.6) is 0 Å². The standard InChI is InChI=1S/C8H6N2O3/c11-7-5-3-9-2-1-4(5)6(10-7)8(12)13/h1-3,6H,(H,10,11)(H,12,13). The topological polar surface area (TPSA) is 79.3 Å². The number of aromatic nitrogens is 1. The highest BCUT2D eigenvalue weighted by Crippen LogP contribution is 2.23. The molecule has 1 aliphatic rings. The normalized spacial score (nSPS) is 19.4. The van der Waals surface area contributed by atoms with Gasteiger partial charge in [0.25, 0.3) is 5.91 Å². The van der Waals surface area contributed by atoms with Gasteiger partial charge >= 0.3 is 5.97 Å². The Morgan fingerprint density at radius 2 is 2.38 bits per heavy atom. The Morgan fingerprint density at radius 1 is 1.62 bits per heavy atom. The largest absolute Gasteiger partial charge is 0.479 e. The number of hydrogen-bond donors (Lipinski definition) is 2. The van der Waals surface area contributed by atoms with Gasteiger partial charge in [0.05, 0.1) is 5.56 Å². The van der Waals surface area contributed by atoms with Gasteiger partial charge in [0.2, 0.25) is 0 Å². The number of amides is 1. The van der Waals surface area contributed by atoms with Crippen LogP contribution in [0.25, 0.3) is 0 Å². The van der Waals surface area contributed by atoms with Crippen molar-refractivity contribution < 1.29 is 14.7 Å². The predicted molar refractivity (Wildman–Crippen MR) is 42.1 cm³/mol. The van der Waals surface area contributed by atoms with E-state index in [1.54, 1.807) is 0 Å². The molecule has 0 aliphatic carbocycles. The first-order chi connectivity index (χ1) is 6.20. The van der Waals surface area contributed by atoms with Crippen molar-refractivity contribution >= 4 is 11.9 Å². The van der Waals surface area contributed by atoms with Crippen LogP contribution in [0.4, 0.5) is 0 Å². The number of aliphatic carboxylic acids is 1. The molecule has 1 amide bonds. The molecule has 2 rings (SSSR count). The minimum Gasteiger partial charge on any atom is -0.479 e.